The van der Waals surface area contributed by atoms with Gasteiger partial charge in [-0.3, -0.25) is 0 Å². The van der Waals surface area contributed by atoms with Crippen LogP contribution in [-0.4, -0.2) is 64.7 Å². The Hall–Kier alpha value is -0.230. The first-order valence-corrected chi connectivity index (χ1v) is 11.7. The normalized spacial score (nSPS) is 29.3. The van der Waals surface area contributed by atoms with Crippen LogP contribution in [0.15, 0.2) is 0 Å². The number of sulfone groups is 1. The van der Waals surface area contributed by atoms with Crippen LogP contribution in [0.25, 0.3) is 0 Å². The van der Waals surface area contributed by atoms with Crippen molar-refractivity contribution in [1.29, 1.82) is 0 Å². The molecule has 1 atom stereocenters. The number of piperidine rings is 1. The Morgan fingerprint density at radius 3 is 2.05 bits per heavy atom. The molecule has 0 aliphatic carbocycles. The molecule has 2 saturated heterocycles. The smallest absolute Gasteiger partial charge is 0.217 e. The quantitative estimate of drug-likeness (QED) is 0.661. The number of nitrogens with two attached hydrogens (primary N) is 1. The van der Waals surface area contributed by atoms with Gasteiger partial charge in [0.05, 0.1) is 22.0 Å². The van der Waals surface area contributed by atoms with Gasteiger partial charge in [-0.25, -0.2) is 34.7 Å². The highest BCUT2D eigenvalue weighted by molar-refractivity contribution is 7.92. The second-order valence-corrected chi connectivity index (χ2v) is 12.0. The van der Waals surface area contributed by atoms with Crippen LogP contribution >= 0.6 is 0 Å². The van der Waals surface area contributed by atoms with Gasteiger partial charge in [0.1, 0.15) is 9.84 Å². The van der Waals surface area contributed by atoms with Crippen LogP contribution in [0.5, 0.6) is 0 Å². The summed E-state index contributed by atoms with van der Waals surface area (Å²) in [7, 11) is -10.6. The molecule has 1 unspecified atom stereocenters. The van der Waals surface area contributed by atoms with Gasteiger partial charge in [0.25, 0.3) is 0 Å². The number of sulfonamides is 2. The van der Waals surface area contributed by atoms with E-state index in [0.29, 0.717) is 12.8 Å². The molecule has 2 heterocycles. The average Bonchev–Trinajstić information content (AvgIpc) is 2.37. The minimum atomic E-state index is -3.77. The maximum Gasteiger partial charge on any atom is 0.217 e. The lowest BCUT2D eigenvalue weighted by atomic mass is 10.2. The third-order valence-electron chi connectivity index (χ3n) is 4.09. The van der Waals surface area contributed by atoms with Gasteiger partial charge in [-0.2, -0.15) is 0 Å². The predicted octanol–water partition coefficient (Wildman–Crippen LogP) is -1.35. The summed E-state index contributed by atoms with van der Waals surface area (Å²) >= 11 is 0. The van der Waals surface area contributed by atoms with Gasteiger partial charge < -0.3 is 0 Å². The third-order valence-corrected chi connectivity index (χ3v) is 9.48. The van der Waals surface area contributed by atoms with Gasteiger partial charge >= 0.3 is 0 Å². The first-order valence-electron chi connectivity index (χ1n) is 6.73. The van der Waals surface area contributed by atoms with Crippen molar-refractivity contribution in [1.82, 2.24) is 4.31 Å². The Bertz CT molecular complexity index is 683. The lowest BCUT2D eigenvalue weighted by Crippen LogP contribution is -2.50. The Morgan fingerprint density at radius 2 is 1.52 bits per heavy atom. The summed E-state index contributed by atoms with van der Waals surface area (Å²) in [5.41, 5.74) is 0. The summed E-state index contributed by atoms with van der Waals surface area (Å²) in [5.74, 6) is -0.271. The fourth-order valence-electron chi connectivity index (χ4n) is 2.78. The van der Waals surface area contributed by atoms with Crippen molar-refractivity contribution < 1.29 is 25.3 Å². The third kappa shape index (κ3) is 3.95. The Balaban J connectivity index is 2.13. The molecule has 0 bridgehead atoms. The zero-order valence-electron chi connectivity index (χ0n) is 11.5. The standard InChI is InChI=1S/C10H20N2O6S3/c11-20(15,16)10-2-1-5-12(8-10)21(17,18)9-3-6-19(13,14)7-4-9/h9-10H,1-8H2,(H2,11,15,16). The van der Waals surface area contributed by atoms with Crippen LogP contribution in [0.2, 0.25) is 0 Å². The Morgan fingerprint density at radius 1 is 0.952 bits per heavy atom. The largest absolute Gasteiger partial charge is 0.229 e. The van der Waals surface area contributed by atoms with Crippen molar-refractivity contribution in [2.45, 2.75) is 36.2 Å². The van der Waals surface area contributed by atoms with E-state index >= 15 is 0 Å². The minimum absolute atomic E-state index is 0.0706. The zero-order valence-corrected chi connectivity index (χ0v) is 14.0. The molecule has 2 N–H and O–H groups in total. The van der Waals surface area contributed by atoms with Gasteiger partial charge in [-0.1, -0.05) is 0 Å². The maximum atomic E-state index is 12.5. The monoisotopic (exact) mass is 360 g/mol. The highest BCUT2D eigenvalue weighted by atomic mass is 32.2. The van der Waals surface area contributed by atoms with E-state index in [4.69, 9.17) is 5.14 Å². The molecule has 2 rings (SSSR count). The van der Waals surface area contributed by atoms with Crippen molar-refractivity contribution in [3.8, 4) is 0 Å². The minimum Gasteiger partial charge on any atom is -0.229 e. The lowest BCUT2D eigenvalue weighted by molar-refractivity contribution is 0.340. The number of hydrogen-bond donors (Lipinski definition) is 1. The molecule has 2 fully saturated rings. The molecule has 0 radical (unpaired) electrons. The summed E-state index contributed by atoms with van der Waals surface area (Å²) < 4.78 is 71.8. The van der Waals surface area contributed by atoms with Gasteiger partial charge in [-0.15, -0.1) is 0 Å². The second-order valence-electron chi connectivity index (χ2n) is 5.61. The fraction of sp³-hybridized carbons (Fsp3) is 1.00. The van der Waals surface area contributed by atoms with Gasteiger partial charge in [0.2, 0.25) is 20.0 Å². The van der Waals surface area contributed by atoms with Crippen LogP contribution in [-0.2, 0) is 29.9 Å². The van der Waals surface area contributed by atoms with Gasteiger partial charge in [0, 0.05) is 13.1 Å². The van der Waals surface area contributed by atoms with E-state index in [0.717, 1.165) is 4.31 Å². The van der Waals surface area contributed by atoms with Crippen molar-refractivity contribution in [3.63, 3.8) is 0 Å². The van der Waals surface area contributed by atoms with Crippen LogP contribution in [0.3, 0.4) is 0 Å². The molecule has 2 aliphatic heterocycles. The van der Waals surface area contributed by atoms with Crippen molar-refractivity contribution in [3.05, 3.63) is 0 Å². The number of nitrogens with zero attached hydrogens (tertiary/aromatic N) is 1. The summed E-state index contributed by atoms with van der Waals surface area (Å²) in [6.45, 7) is 0.127. The SMILES string of the molecule is NS(=O)(=O)C1CCCN(S(=O)(=O)C2CCS(=O)(=O)CC2)C1. The fourth-order valence-corrected chi connectivity index (χ4v) is 7.57. The van der Waals surface area contributed by atoms with E-state index in [1.807, 2.05) is 0 Å². The summed E-state index contributed by atoms with van der Waals surface area (Å²) in [4.78, 5) is 0. The zero-order chi connectivity index (χ0) is 15.9. The van der Waals surface area contributed by atoms with Crippen molar-refractivity contribution in [2.75, 3.05) is 24.6 Å². The topological polar surface area (TPSA) is 132 Å². The lowest BCUT2D eigenvalue weighted by Gasteiger charge is -2.34. The van der Waals surface area contributed by atoms with E-state index in [2.05, 4.69) is 0 Å². The molecule has 124 valence electrons. The number of primary sulfonamides is 1. The molecular formula is C10H20N2O6S3. The molecule has 2 aliphatic rings. The Labute approximate surface area is 125 Å². The second kappa shape index (κ2) is 5.76. The van der Waals surface area contributed by atoms with E-state index < -0.39 is 40.4 Å². The molecule has 0 spiro atoms. The molecule has 0 aromatic heterocycles. The maximum absolute atomic E-state index is 12.5. The number of hydrogen-bond acceptors (Lipinski definition) is 6. The van der Waals surface area contributed by atoms with E-state index in [1.54, 1.807) is 0 Å². The van der Waals surface area contributed by atoms with Crippen LogP contribution in [0.4, 0.5) is 0 Å². The molecule has 8 nitrogen and oxygen atoms in total. The summed E-state index contributed by atoms with van der Waals surface area (Å²) in [6.07, 6.45) is 0.928. The highest BCUT2D eigenvalue weighted by Crippen LogP contribution is 2.26. The van der Waals surface area contributed by atoms with Crippen molar-refractivity contribution in [2.24, 2.45) is 5.14 Å². The van der Waals surface area contributed by atoms with Crippen LogP contribution in [0, 0.1) is 0 Å². The van der Waals surface area contributed by atoms with Crippen LogP contribution in [0.1, 0.15) is 25.7 Å². The van der Waals surface area contributed by atoms with E-state index in [1.165, 1.54) is 0 Å². The van der Waals surface area contributed by atoms with Crippen LogP contribution < -0.4 is 5.14 Å². The molecule has 0 amide bonds. The first kappa shape index (κ1) is 17.1. The Kier molecular flexibility index (Phi) is 4.70. The molecule has 0 saturated carbocycles. The number of rotatable bonds is 3. The molecule has 0 aromatic rings. The molecule has 21 heavy (non-hydrogen) atoms. The summed E-state index contributed by atoms with van der Waals surface area (Å²) in [6, 6.07) is 0. The average molecular weight is 360 g/mol. The van der Waals surface area contributed by atoms with E-state index in [-0.39, 0.29) is 37.4 Å². The highest BCUT2D eigenvalue weighted by Gasteiger charge is 2.40. The summed E-state index contributed by atoms with van der Waals surface area (Å²) in [5, 5.41) is 3.47. The first-order chi connectivity index (χ1) is 9.52. The molecule has 0 aromatic carbocycles. The van der Waals surface area contributed by atoms with E-state index in [9.17, 15) is 25.3 Å². The van der Waals surface area contributed by atoms with Gasteiger partial charge in [-0.05, 0) is 25.7 Å². The van der Waals surface area contributed by atoms with Gasteiger partial charge in [0.15, 0.2) is 0 Å². The molecular weight excluding hydrogens is 340 g/mol. The van der Waals surface area contributed by atoms with Crippen molar-refractivity contribution >= 4 is 29.9 Å². The molecule has 11 heteroatoms. The predicted molar refractivity (Wildman–Crippen MR) is 78.3 cm³/mol.